The molecule has 2 aliphatic rings. The quantitative estimate of drug-likeness (QED) is 0.324. The number of aromatic nitrogens is 1. The first-order valence-corrected chi connectivity index (χ1v) is 14.0. The van der Waals surface area contributed by atoms with E-state index in [0.29, 0.717) is 39.2 Å². The lowest BCUT2D eigenvalue weighted by molar-refractivity contribution is -0.139. The summed E-state index contributed by atoms with van der Waals surface area (Å²) in [4.78, 5) is 33.1. The predicted molar refractivity (Wildman–Crippen MR) is 148 cm³/mol. The number of carbonyl (C=O) groups is 2. The average Bonchev–Trinajstić information content (AvgIpc) is 3.48. The zero-order chi connectivity index (χ0) is 26.6. The number of hydrogen-bond donors (Lipinski definition) is 3. The van der Waals surface area contributed by atoms with Gasteiger partial charge in [-0.2, -0.15) is 0 Å². The van der Waals surface area contributed by atoms with E-state index in [1.54, 1.807) is 4.90 Å². The van der Waals surface area contributed by atoms with E-state index in [-0.39, 0.29) is 6.03 Å². The van der Waals surface area contributed by atoms with E-state index < -0.39 is 12.0 Å². The number of unbranched alkanes of at least 4 members (excludes halogenated alkanes) is 1. The molecule has 0 unspecified atom stereocenters. The molecule has 1 saturated heterocycles. The van der Waals surface area contributed by atoms with Crippen LogP contribution in [-0.4, -0.2) is 83.8 Å². The minimum atomic E-state index is -0.995. The number of likely N-dealkylation sites (tertiary alicyclic amines) is 1. The van der Waals surface area contributed by atoms with Gasteiger partial charge in [-0.25, -0.2) is 14.6 Å². The van der Waals surface area contributed by atoms with Crippen LogP contribution in [0.5, 0.6) is 5.75 Å². The zero-order valence-electron chi connectivity index (χ0n) is 22.2. The number of anilines is 1. The Bertz CT molecular complexity index is 1030. The minimum Gasteiger partial charge on any atom is -0.492 e. The van der Waals surface area contributed by atoms with Crippen molar-refractivity contribution in [2.24, 2.45) is 0 Å². The highest BCUT2D eigenvalue weighted by molar-refractivity contribution is 5.82. The molecule has 2 aromatic rings. The third kappa shape index (κ3) is 8.62. The van der Waals surface area contributed by atoms with Crippen LogP contribution in [0.15, 0.2) is 42.5 Å². The zero-order valence-corrected chi connectivity index (χ0v) is 22.2. The molecule has 2 aliphatic heterocycles. The molecule has 9 nitrogen and oxygen atoms in total. The molecular weight excluding hydrogens is 482 g/mol. The van der Waals surface area contributed by atoms with Crippen molar-refractivity contribution in [2.75, 3.05) is 51.2 Å². The van der Waals surface area contributed by atoms with Crippen molar-refractivity contribution in [3.8, 4) is 5.75 Å². The van der Waals surface area contributed by atoms with Gasteiger partial charge in [0.15, 0.2) is 0 Å². The molecule has 1 fully saturated rings. The van der Waals surface area contributed by atoms with Crippen molar-refractivity contribution in [3.05, 3.63) is 53.7 Å². The van der Waals surface area contributed by atoms with Crippen LogP contribution in [0.4, 0.5) is 10.6 Å². The summed E-state index contributed by atoms with van der Waals surface area (Å²) < 4.78 is 5.90. The highest BCUT2D eigenvalue weighted by Gasteiger charge is 2.25. The number of fused-ring (bicyclic) bond motifs is 1. The summed E-state index contributed by atoms with van der Waals surface area (Å²) in [7, 11) is 0. The standard InChI is InChI=1S/C29H41N5O4/c35-28(36)26(32-29(37)34-18-6-7-19-34)15-20-33(21-22-38-25-11-2-1-3-12-25)17-5-4-10-24-14-13-23-9-8-16-30-27(23)31-24/h1-3,11-14,26H,4-10,15-22H2,(H,30,31)(H,32,37)(H,35,36)/t26-/m0/s1. The van der Waals surface area contributed by atoms with Gasteiger partial charge in [-0.05, 0) is 81.7 Å². The first kappa shape index (κ1) is 27.7. The Morgan fingerprint density at radius 1 is 1.05 bits per heavy atom. The topological polar surface area (TPSA) is 107 Å². The molecule has 9 heteroatoms. The highest BCUT2D eigenvalue weighted by atomic mass is 16.5. The number of nitrogens with zero attached hydrogens (tertiary/aromatic N) is 3. The van der Waals surface area contributed by atoms with Crippen LogP contribution < -0.4 is 15.4 Å². The number of pyridine rings is 1. The van der Waals surface area contributed by atoms with Gasteiger partial charge in [-0.15, -0.1) is 0 Å². The summed E-state index contributed by atoms with van der Waals surface area (Å²) in [5, 5.41) is 15.9. The number of ether oxygens (including phenoxy) is 1. The van der Waals surface area contributed by atoms with Crippen LogP contribution in [0.25, 0.3) is 0 Å². The van der Waals surface area contributed by atoms with E-state index in [0.717, 1.165) is 75.3 Å². The Hall–Kier alpha value is -3.33. The van der Waals surface area contributed by atoms with Crippen LogP contribution in [0.2, 0.25) is 0 Å². The molecule has 4 rings (SSSR count). The maximum Gasteiger partial charge on any atom is 0.326 e. The minimum absolute atomic E-state index is 0.277. The molecule has 0 aliphatic carbocycles. The van der Waals surface area contributed by atoms with Gasteiger partial charge in [0.25, 0.3) is 0 Å². The monoisotopic (exact) mass is 523 g/mol. The SMILES string of the molecule is O=C(O)[C@H](CCN(CCCCc1ccc2c(n1)NCCC2)CCOc1ccccc1)NC(=O)N1CCCC1. The lowest BCUT2D eigenvalue weighted by Crippen LogP contribution is -2.48. The lowest BCUT2D eigenvalue weighted by Gasteiger charge is -2.25. The van der Waals surface area contributed by atoms with Crippen LogP contribution in [0, 0.1) is 0 Å². The van der Waals surface area contributed by atoms with Gasteiger partial charge in [0.1, 0.15) is 24.2 Å². The Kier molecular flexibility index (Phi) is 10.6. The van der Waals surface area contributed by atoms with E-state index in [1.807, 2.05) is 30.3 Å². The number of amides is 2. The molecule has 2 amide bonds. The number of urea groups is 1. The summed E-state index contributed by atoms with van der Waals surface area (Å²) in [5.74, 6) is 0.857. The Morgan fingerprint density at radius 2 is 1.87 bits per heavy atom. The first-order chi connectivity index (χ1) is 18.6. The molecule has 206 valence electrons. The van der Waals surface area contributed by atoms with Crippen molar-refractivity contribution in [1.82, 2.24) is 20.1 Å². The van der Waals surface area contributed by atoms with Crippen molar-refractivity contribution in [1.29, 1.82) is 0 Å². The number of carboxylic acids is 1. The summed E-state index contributed by atoms with van der Waals surface area (Å²) in [5.41, 5.74) is 2.40. The number of para-hydroxylation sites is 1. The molecule has 3 N–H and O–H groups in total. The number of benzene rings is 1. The molecular formula is C29H41N5O4. The molecule has 0 bridgehead atoms. The van der Waals surface area contributed by atoms with Crippen LogP contribution in [0.1, 0.15) is 49.8 Å². The lowest BCUT2D eigenvalue weighted by atomic mass is 10.1. The second-order valence-corrected chi connectivity index (χ2v) is 10.1. The summed E-state index contributed by atoms with van der Waals surface area (Å²) in [6, 6.07) is 12.8. The van der Waals surface area contributed by atoms with E-state index in [4.69, 9.17) is 9.72 Å². The molecule has 1 atom stereocenters. The number of aryl methyl sites for hydroxylation is 2. The van der Waals surface area contributed by atoms with Gasteiger partial charge >= 0.3 is 12.0 Å². The van der Waals surface area contributed by atoms with Gasteiger partial charge < -0.3 is 25.4 Å². The molecule has 3 heterocycles. The van der Waals surface area contributed by atoms with Crippen molar-refractivity contribution in [3.63, 3.8) is 0 Å². The van der Waals surface area contributed by atoms with Crippen LogP contribution in [-0.2, 0) is 17.6 Å². The maximum atomic E-state index is 12.5. The van der Waals surface area contributed by atoms with E-state index in [9.17, 15) is 14.7 Å². The van der Waals surface area contributed by atoms with Gasteiger partial charge in [-0.3, -0.25) is 4.90 Å². The largest absolute Gasteiger partial charge is 0.492 e. The molecule has 0 radical (unpaired) electrons. The van der Waals surface area contributed by atoms with Crippen LogP contribution >= 0.6 is 0 Å². The Morgan fingerprint density at radius 3 is 2.66 bits per heavy atom. The van der Waals surface area contributed by atoms with Gasteiger partial charge in [-0.1, -0.05) is 24.3 Å². The summed E-state index contributed by atoms with van der Waals surface area (Å²) >= 11 is 0. The van der Waals surface area contributed by atoms with E-state index >= 15 is 0 Å². The Balaban J connectivity index is 1.27. The van der Waals surface area contributed by atoms with Crippen molar-refractivity contribution >= 4 is 17.8 Å². The molecule has 0 spiro atoms. The third-order valence-electron chi connectivity index (χ3n) is 7.25. The number of nitrogens with one attached hydrogen (secondary N) is 2. The summed E-state index contributed by atoms with van der Waals surface area (Å²) in [6.45, 7) is 4.96. The van der Waals surface area contributed by atoms with Crippen molar-refractivity contribution in [2.45, 2.75) is 57.4 Å². The second-order valence-electron chi connectivity index (χ2n) is 10.1. The number of hydrogen-bond acceptors (Lipinski definition) is 6. The molecule has 1 aromatic heterocycles. The fraction of sp³-hybridized carbons (Fsp3) is 0.552. The molecule has 1 aromatic carbocycles. The second kappa shape index (κ2) is 14.6. The van der Waals surface area contributed by atoms with Crippen LogP contribution in [0.3, 0.4) is 0 Å². The highest BCUT2D eigenvalue weighted by Crippen LogP contribution is 2.20. The number of rotatable bonds is 14. The van der Waals surface area contributed by atoms with Crippen molar-refractivity contribution < 1.29 is 19.4 Å². The number of aliphatic carboxylic acids is 1. The van der Waals surface area contributed by atoms with Gasteiger partial charge in [0, 0.05) is 38.4 Å². The fourth-order valence-electron chi connectivity index (χ4n) is 5.02. The fourth-order valence-corrected chi connectivity index (χ4v) is 5.02. The predicted octanol–water partition coefficient (Wildman–Crippen LogP) is 3.79. The molecule has 38 heavy (non-hydrogen) atoms. The normalized spacial score (nSPS) is 15.6. The smallest absolute Gasteiger partial charge is 0.326 e. The third-order valence-corrected chi connectivity index (χ3v) is 7.25. The van der Waals surface area contributed by atoms with E-state index in [1.165, 1.54) is 5.56 Å². The Labute approximate surface area is 225 Å². The van der Waals surface area contributed by atoms with Gasteiger partial charge in [0.05, 0.1) is 0 Å². The van der Waals surface area contributed by atoms with E-state index in [2.05, 4.69) is 27.7 Å². The average molecular weight is 524 g/mol. The maximum absolute atomic E-state index is 12.5. The first-order valence-electron chi connectivity index (χ1n) is 14.0. The number of carbonyl (C=O) groups excluding carboxylic acids is 1. The summed E-state index contributed by atoms with van der Waals surface area (Å²) in [6.07, 6.45) is 7.40. The van der Waals surface area contributed by atoms with Gasteiger partial charge in [0.2, 0.25) is 0 Å². The molecule has 0 saturated carbocycles. The number of carboxylic acid groups (broad SMARTS) is 1.